The molecule has 8 heteroatoms. The second kappa shape index (κ2) is 11.8. The summed E-state index contributed by atoms with van der Waals surface area (Å²) in [6.45, 7) is 7.55. The minimum atomic E-state index is -0.633. The number of amides is 1. The summed E-state index contributed by atoms with van der Waals surface area (Å²) in [4.78, 5) is 45.5. The molecule has 1 aliphatic carbocycles. The Morgan fingerprint density at radius 1 is 1.08 bits per heavy atom. The van der Waals surface area contributed by atoms with E-state index in [2.05, 4.69) is 18.7 Å². The number of ketones is 1. The molecule has 7 nitrogen and oxygen atoms in total. The van der Waals surface area contributed by atoms with Crippen molar-refractivity contribution in [3.63, 3.8) is 0 Å². The molecule has 0 saturated carbocycles. The van der Waals surface area contributed by atoms with Crippen LogP contribution in [0.4, 0.5) is 0 Å². The second-order valence-corrected chi connectivity index (χ2v) is 10.7. The van der Waals surface area contributed by atoms with E-state index in [1.807, 2.05) is 25.2 Å². The predicted molar refractivity (Wildman–Crippen MR) is 143 cm³/mol. The van der Waals surface area contributed by atoms with E-state index in [0.29, 0.717) is 17.7 Å². The fourth-order valence-electron chi connectivity index (χ4n) is 5.29. The van der Waals surface area contributed by atoms with Crippen LogP contribution in [0.2, 0.25) is 0 Å². The van der Waals surface area contributed by atoms with Gasteiger partial charge in [-0.2, -0.15) is 0 Å². The quantitative estimate of drug-likeness (QED) is 0.454. The van der Waals surface area contributed by atoms with Gasteiger partial charge in [0.1, 0.15) is 11.4 Å². The Morgan fingerprint density at radius 2 is 1.78 bits per heavy atom. The first-order valence-corrected chi connectivity index (χ1v) is 13.8. The number of carbonyl (C=O) groups excluding carboxylic acids is 2. The third kappa shape index (κ3) is 5.17. The highest BCUT2D eigenvalue weighted by molar-refractivity contribution is 8.01. The molecular weight excluding hydrogens is 474 g/mol. The number of likely N-dealkylation sites (N-methyl/N-ethyl adjacent to an activating group) is 2. The first kappa shape index (κ1) is 26.6. The standard InChI is InChI=1S/C28H37N3O4S/c1-5-30(6-2)17-16-29(3)28(34)26-24(35-4)23-25(36-26)20-14-10-11-15-21(20)31(27(23)33)18-22(32)19-12-8-7-9-13-19/h7-9,12-13,24,26H,5-6,10-11,14-18H2,1-4H3. The maximum Gasteiger partial charge on any atom is 0.258 e. The van der Waals surface area contributed by atoms with Crippen LogP contribution in [0.5, 0.6) is 0 Å². The molecule has 194 valence electrons. The summed E-state index contributed by atoms with van der Waals surface area (Å²) >= 11 is 1.48. The topological polar surface area (TPSA) is 71.8 Å². The number of rotatable bonds is 10. The molecule has 2 unspecified atom stereocenters. The number of hydrogen-bond donors (Lipinski definition) is 0. The summed E-state index contributed by atoms with van der Waals surface area (Å²) in [6, 6.07) is 9.10. The number of nitrogens with zero attached hydrogens (tertiary/aromatic N) is 3. The highest BCUT2D eigenvalue weighted by Crippen LogP contribution is 2.48. The average molecular weight is 512 g/mol. The lowest BCUT2D eigenvalue weighted by Crippen LogP contribution is -2.42. The van der Waals surface area contributed by atoms with Crippen LogP contribution in [0.25, 0.3) is 0 Å². The molecule has 1 amide bonds. The first-order valence-electron chi connectivity index (χ1n) is 12.9. The van der Waals surface area contributed by atoms with E-state index in [4.69, 9.17) is 4.74 Å². The van der Waals surface area contributed by atoms with Gasteiger partial charge >= 0.3 is 0 Å². The van der Waals surface area contributed by atoms with Crippen molar-refractivity contribution in [3.8, 4) is 0 Å². The number of aromatic nitrogens is 1. The zero-order valence-corrected chi connectivity index (χ0v) is 22.6. The van der Waals surface area contributed by atoms with Crippen LogP contribution in [0, 0.1) is 0 Å². The van der Waals surface area contributed by atoms with Crippen LogP contribution in [0.15, 0.2) is 40.0 Å². The smallest absolute Gasteiger partial charge is 0.258 e. The number of hydrogen-bond acceptors (Lipinski definition) is 6. The normalized spacial score (nSPS) is 18.7. The van der Waals surface area contributed by atoms with Crippen molar-refractivity contribution in [2.45, 2.75) is 62.3 Å². The van der Waals surface area contributed by atoms with Crippen LogP contribution in [-0.2, 0) is 28.9 Å². The molecule has 2 aromatic rings. The maximum absolute atomic E-state index is 13.9. The minimum Gasteiger partial charge on any atom is -0.375 e. The van der Waals surface area contributed by atoms with Crippen molar-refractivity contribution in [2.75, 3.05) is 40.3 Å². The van der Waals surface area contributed by atoms with Crippen molar-refractivity contribution in [3.05, 3.63) is 63.1 Å². The highest BCUT2D eigenvalue weighted by atomic mass is 32.2. The molecule has 1 aromatic carbocycles. The summed E-state index contributed by atoms with van der Waals surface area (Å²) in [7, 11) is 3.39. The molecule has 2 aliphatic rings. The summed E-state index contributed by atoms with van der Waals surface area (Å²) in [5, 5.41) is -0.508. The average Bonchev–Trinajstić information content (AvgIpc) is 3.31. The number of Topliss-reactive ketones (excluding diaryl/α,β-unsaturated/α-hetero) is 1. The van der Waals surface area contributed by atoms with Gasteiger partial charge in [-0.05, 0) is 44.3 Å². The van der Waals surface area contributed by atoms with E-state index >= 15 is 0 Å². The summed E-state index contributed by atoms with van der Waals surface area (Å²) in [5.74, 6) is -0.111. The van der Waals surface area contributed by atoms with Gasteiger partial charge in [-0.15, -0.1) is 11.8 Å². The Morgan fingerprint density at radius 3 is 2.44 bits per heavy atom. The van der Waals surface area contributed by atoms with Crippen LogP contribution in [0.1, 0.15) is 60.0 Å². The van der Waals surface area contributed by atoms with Gasteiger partial charge < -0.3 is 19.1 Å². The fourth-order valence-corrected chi connectivity index (χ4v) is 6.89. The zero-order valence-electron chi connectivity index (χ0n) is 21.8. The third-order valence-electron chi connectivity index (χ3n) is 7.48. The molecule has 0 bridgehead atoms. The molecule has 2 heterocycles. The van der Waals surface area contributed by atoms with Gasteiger partial charge in [-0.1, -0.05) is 44.2 Å². The van der Waals surface area contributed by atoms with Crippen molar-refractivity contribution < 1.29 is 14.3 Å². The molecule has 0 fully saturated rings. The summed E-state index contributed by atoms with van der Waals surface area (Å²) < 4.78 is 7.49. The molecule has 36 heavy (non-hydrogen) atoms. The molecule has 1 aromatic heterocycles. The minimum absolute atomic E-state index is 0.00193. The van der Waals surface area contributed by atoms with E-state index in [1.165, 1.54) is 11.8 Å². The second-order valence-electron chi connectivity index (χ2n) is 9.54. The van der Waals surface area contributed by atoms with E-state index in [0.717, 1.165) is 61.5 Å². The SMILES string of the molecule is CCN(CC)CCN(C)C(=O)C1Sc2c3c(n(CC(=O)c4ccccc4)c(=O)c2C1OC)CCCC3. The van der Waals surface area contributed by atoms with Crippen molar-refractivity contribution >= 4 is 23.5 Å². The number of pyridine rings is 1. The molecule has 2 atom stereocenters. The molecular formula is C28H37N3O4S. The van der Waals surface area contributed by atoms with Gasteiger partial charge in [0.25, 0.3) is 5.56 Å². The largest absolute Gasteiger partial charge is 0.375 e. The van der Waals surface area contributed by atoms with Gasteiger partial charge in [0, 0.05) is 43.4 Å². The summed E-state index contributed by atoms with van der Waals surface area (Å²) in [6.07, 6.45) is 3.00. The lowest BCUT2D eigenvalue weighted by atomic mass is 9.92. The van der Waals surface area contributed by atoms with Crippen molar-refractivity contribution in [2.24, 2.45) is 0 Å². The van der Waals surface area contributed by atoms with E-state index < -0.39 is 11.4 Å². The van der Waals surface area contributed by atoms with Crippen LogP contribution in [0.3, 0.4) is 0 Å². The zero-order chi connectivity index (χ0) is 25.8. The Labute approximate surface area is 217 Å². The van der Waals surface area contributed by atoms with Crippen molar-refractivity contribution in [1.29, 1.82) is 0 Å². The Hall–Kier alpha value is -2.42. The fraction of sp³-hybridized carbons (Fsp3) is 0.536. The van der Waals surface area contributed by atoms with Crippen LogP contribution >= 0.6 is 11.8 Å². The number of carbonyl (C=O) groups is 2. The molecule has 0 radical (unpaired) electrons. The van der Waals surface area contributed by atoms with E-state index in [-0.39, 0.29) is 23.8 Å². The first-order chi connectivity index (χ1) is 17.4. The Bertz CT molecular complexity index is 1160. The van der Waals surface area contributed by atoms with Crippen molar-refractivity contribution in [1.82, 2.24) is 14.4 Å². The number of methoxy groups -OCH3 is 1. The molecule has 1 aliphatic heterocycles. The van der Waals surface area contributed by atoms with Crippen LogP contribution < -0.4 is 5.56 Å². The van der Waals surface area contributed by atoms with Gasteiger partial charge in [-0.25, -0.2) is 0 Å². The maximum atomic E-state index is 13.9. The number of fused-ring (bicyclic) bond motifs is 3. The van der Waals surface area contributed by atoms with Gasteiger partial charge in [0.05, 0.1) is 12.1 Å². The Kier molecular flexibility index (Phi) is 8.70. The summed E-state index contributed by atoms with van der Waals surface area (Å²) in [5.41, 5.74) is 2.99. The predicted octanol–water partition coefficient (Wildman–Crippen LogP) is 3.57. The number of thioether (sulfide) groups is 1. The highest BCUT2D eigenvalue weighted by Gasteiger charge is 2.44. The monoisotopic (exact) mass is 511 g/mol. The lowest BCUT2D eigenvalue weighted by Gasteiger charge is -2.26. The van der Waals surface area contributed by atoms with E-state index in [9.17, 15) is 14.4 Å². The Balaban J connectivity index is 1.67. The van der Waals surface area contributed by atoms with E-state index in [1.54, 1.807) is 28.7 Å². The number of ether oxygens (including phenoxy) is 1. The third-order valence-corrected chi connectivity index (χ3v) is 8.88. The van der Waals surface area contributed by atoms with Gasteiger partial charge in [-0.3, -0.25) is 14.4 Å². The molecule has 0 spiro atoms. The van der Waals surface area contributed by atoms with Gasteiger partial charge in [0.2, 0.25) is 5.91 Å². The lowest BCUT2D eigenvalue weighted by molar-refractivity contribution is -0.131. The van der Waals surface area contributed by atoms with Crippen LogP contribution in [-0.4, -0.2) is 71.6 Å². The molecule has 0 N–H and O–H groups in total. The molecule has 0 saturated heterocycles. The molecule has 4 rings (SSSR count). The number of benzene rings is 1. The van der Waals surface area contributed by atoms with Gasteiger partial charge in [0.15, 0.2) is 5.78 Å².